The lowest BCUT2D eigenvalue weighted by molar-refractivity contribution is -0.141. The van der Waals surface area contributed by atoms with E-state index in [1.165, 1.54) is 6.07 Å². The normalized spacial score (nSPS) is 12.2. The minimum absolute atomic E-state index is 0.00152. The zero-order valence-corrected chi connectivity index (χ0v) is 16.0. The van der Waals surface area contributed by atoms with E-state index in [2.05, 4.69) is 35.6 Å². The molecule has 3 rings (SSSR count). The average molecular weight is 443 g/mol. The van der Waals surface area contributed by atoms with Crippen LogP contribution in [0.5, 0.6) is 0 Å². The van der Waals surface area contributed by atoms with Crippen molar-refractivity contribution in [3.8, 4) is 11.5 Å². The number of alkyl halides is 6. The summed E-state index contributed by atoms with van der Waals surface area (Å²) in [7, 11) is 0. The molecule has 3 aromatic rings. The van der Waals surface area contributed by atoms with E-state index in [9.17, 15) is 26.3 Å². The van der Waals surface area contributed by atoms with Gasteiger partial charge >= 0.3 is 12.4 Å². The van der Waals surface area contributed by atoms with Crippen LogP contribution in [-0.2, 0) is 12.4 Å². The van der Waals surface area contributed by atoms with Crippen LogP contribution >= 0.6 is 0 Å². The van der Waals surface area contributed by atoms with Crippen LogP contribution in [0.25, 0.3) is 11.5 Å². The number of pyridine rings is 2. The number of hydrogen-bond donors (Lipinski definition) is 2. The summed E-state index contributed by atoms with van der Waals surface area (Å²) in [6.45, 7) is 3.55. The third kappa shape index (κ3) is 5.77. The average Bonchev–Trinajstić information content (AvgIpc) is 2.66. The summed E-state index contributed by atoms with van der Waals surface area (Å²) in [5.74, 6) is -0.401. The Morgan fingerprint density at radius 1 is 0.839 bits per heavy atom. The molecule has 0 radical (unpaired) electrons. The van der Waals surface area contributed by atoms with Crippen LogP contribution in [0.15, 0.2) is 36.7 Å². The third-order valence-corrected chi connectivity index (χ3v) is 3.64. The first-order valence-corrected chi connectivity index (χ1v) is 8.78. The van der Waals surface area contributed by atoms with E-state index in [1.807, 2.05) is 0 Å². The lowest BCUT2D eigenvalue weighted by Crippen LogP contribution is -2.15. The predicted molar refractivity (Wildman–Crippen MR) is 99.3 cm³/mol. The molecule has 0 aliphatic heterocycles. The van der Waals surface area contributed by atoms with Crippen LogP contribution in [0, 0.1) is 0 Å². The van der Waals surface area contributed by atoms with Gasteiger partial charge in [0.25, 0.3) is 0 Å². The van der Waals surface area contributed by atoms with Gasteiger partial charge in [0, 0.05) is 12.2 Å². The second-order valence-corrected chi connectivity index (χ2v) is 6.60. The molecule has 0 saturated carbocycles. The summed E-state index contributed by atoms with van der Waals surface area (Å²) < 4.78 is 77.7. The molecule has 3 aromatic heterocycles. The first-order chi connectivity index (χ1) is 14.4. The first kappa shape index (κ1) is 22.2. The molecular formula is C18H15F6N7. The van der Waals surface area contributed by atoms with E-state index < -0.39 is 23.6 Å². The number of nitrogens with zero attached hydrogens (tertiary/aromatic N) is 5. The van der Waals surface area contributed by atoms with Crippen molar-refractivity contribution >= 4 is 17.6 Å². The highest BCUT2D eigenvalue weighted by molar-refractivity contribution is 5.59. The fraction of sp³-hybridized carbons (Fsp3) is 0.278. The van der Waals surface area contributed by atoms with E-state index in [4.69, 9.17) is 0 Å². The van der Waals surface area contributed by atoms with Crippen molar-refractivity contribution in [2.45, 2.75) is 32.2 Å². The van der Waals surface area contributed by atoms with Crippen LogP contribution in [0.1, 0.15) is 25.1 Å². The number of hydrogen-bond acceptors (Lipinski definition) is 7. The van der Waals surface area contributed by atoms with Crippen molar-refractivity contribution in [1.82, 2.24) is 24.9 Å². The third-order valence-electron chi connectivity index (χ3n) is 3.64. The Hall–Kier alpha value is -3.51. The van der Waals surface area contributed by atoms with Gasteiger partial charge in [-0.05, 0) is 32.0 Å². The highest BCUT2D eigenvalue weighted by Crippen LogP contribution is 2.31. The molecule has 7 nitrogen and oxygen atoms in total. The van der Waals surface area contributed by atoms with E-state index in [-0.39, 0.29) is 35.1 Å². The van der Waals surface area contributed by atoms with Crippen molar-refractivity contribution in [3.63, 3.8) is 0 Å². The fourth-order valence-electron chi connectivity index (χ4n) is 2.38. The van der Waals surface area contributed by atoms with Gasteiger partial charge in [0.2, 0.25) is 11.9 Å². The Bertz CT molecular complexity index is 1070. The lowest BCUT2D eigenvalue weighted by atomic mass is 10.2. The molecule has 0 amide bonds. The SMILES string of the molecule is CC(C)Nc1nc(Nc2cncc(C(F)(F)F)c2)nc(-c2cccc(C(F)(F)F)n2)n1. The summed E-state index contributed by atoms with van der Waals surface area (Å²) in [6.07, 6.45) is -7.51. The maximum absolute atomic E-state index is 13.0. The van der Waals surface area contributed by atoms with Gasteiger partial charge in [0.05, 0.1) is 17.4 Å². The molecule has 0 aromatic carbocycles. The highest BCUT2D eigenvalue weighted by atomic mass is 19.4. The maximum atomic E-state index is 13.0. The van der Waals surface area contributed by atoms with Crippen molar-refractivity contribution < 1.29 is 26.3 Å². The molecule has 0 saturated heterocycles. The molecule has 0 bridgehead atoms. The van der Waals surface area contributed by atoms with Crippen LogP contribution in [0.4, 0.5) is 43.9 Å². The molecule has 31 heavy (non-hydrogen) atoms. The second kappa shape index (κ2) is 8.32. The quantitative estimate of drug-likeness (QED) is 0.541. The Labute approximate surface area is 172 Å². The molecule has 2 N–H and O–H groups in total. The Morgan fingerprint density at radius 2 is 1.55 bits per heavy atom. The van der Waals surface area contributed by atoms with E-state index in [0.29, 0.717) is 6.20 Å². The number of rotatable bonds is 5. The van der Waals surface area contributed by atoms with Gasteiger partial charge in [0.15, 0.2) is 5.82 Å². The summed E-state index contributed by atoms with van der Waals surface area (Å²) in [4.78, 5) is 19.2. The van der Waals surface area contributed by atoms with Gasteiger partial charge in [-0.2, -0.15) is 41.3 Å². The van der Waals surface area contributed by atoms with Crippen molar-refractivity contribution in [3.05, 3.63) is 47.9 Å². The minimum atomic E-state index is -4.67. The number of halogens is 6. The van der Waals surface area contributed by atoms with Gasteiger partial charge in [-0.3, -0.25) is 4.98 Å². The Morgan fingerprint density at radius 3 is 2.19 bits per heavy atom. The summed E-state index contributed by atoms with van der Waals surface area (Å²) in [5.41, 5.74) is -2.39. The molecule has 13 heteroatoms. The first-order valence-electron chi connectivity index (χ1n) is 8.78. The summed E-state index contributed by atoms with van der Waals surface area (Å²) in [5, 5.41) is 5.44. The molecule has 3 heterocycles. The van der Waals surface area contributed by atoms with E-state index >= 15 is 0 Å². The minimum Gasteiger partial charge on any atom is -0.352 e. The van der Waals surface area contributed by atoms with Gasteiger partial charge in [-0.1, -0.05) is 6.07 Å². The molecule has 0 unspecified atom stereocenters. The Balaban J connectivity index is 2.02. The van der Waals surface area contributed by atoms with Crippen LogP contribution in [0.3, 0.4) is 0 Å². The van der Waals surface area contributed by atoms with E-state index in [0.717, 1.165) is 24.4 Å². The maximum Gasteiger partial charge on any atom is 0.433 e. The van der Waals surface area contributed by atoms with Crippen LogP contribution in [-0.4, -0.2) is 31.0 Å². The molecule has 0 atom stereocenters. The van der Waals surface area contributed by atoms with Gasteiger partial charge in [-0.15, -0.1) is 0 Å². The van der Waals surface area contributed by atoms with Gasteiger partial charge in [0.1, 0.15) is 11.4 Å². The number of anilines is 3. The second-order valence-electron chi connectivity index (χ2n) is 6.60. The number of aromatic nitrogens is 5. The standard InChI is InChI=1S/C18H15F6N7/c1-9(2)26-15-29-14(12-4-3-5-13(28-12)18(22,23)24)30-16(31-15)27-11-6-10(7-25-8-11)17(19,20)21/h3-9H,1-2H3,(H2,26,27,29,30,31). The molecule has 0 spiro atoms. The highest BCUT2D eigenvalue weighted by Gasteiger charge is 2.33. The van der Waals surface area contributed by atoms with Gasteiger partial charge < -0.3 is 10.6 Å². The van der Waals surface area contributed by atoms with Crippen molar-refractivity contribution in [1.29, 1.82) is 0 Å². The summed E-state index contributed by atoms with van der Waals surface area (Å²) >= 11 is 0. The molecule has 164 valence electrons. The largest absolute Gasteiger partial charge is 0.433 e. The van der Waals surface area contributed by atoms with Crippen LogP contribution in [0.2, 0.25) is 0 Å². The van der Waals surface area contributed by atoms with E-state index in [1.54, 1.807) is 13.8 Å². The lowest BCUT2D eigenvalue weighted by Gasteiger charge is -2.13. The van der Waals surface area contributed by atoms with Crippen molar-refractivity contribution in [2.75, 3.05) is 10.6 Å². The zero-order chi connectivity index (χ0) is 22.8. The fourth-order valence-corrected chi connectivity index (χ4v) is 2.38. The molecular weight excluding hydrogens is 428 g/mol. The molecule has 0 aliphatic rings. The Kier molecular flexibility index (Phi) is 5.95. The number of nitrogens with one attached hydrogen (secondary N) is 2. The molecule has 0 aliphatic carbocycles. The zero-order valence-electron chi connectivity index (χ0n) is 16.0. The smallest absolute Gasteiger partial charge is 0.352 e. The predicted octanol–water partition coefficient (Wildman–Crippen LogP) is 4.93. The van der Waals surface area contributed by atoms with Crippen LogP contribution < -0.4 is 10.6 Å². The van der Waals surface area contributed by atoms with Gasteiger partial charge in [-0.25, -0.2) is 4.98 Å². The monoisotopic (exact) mass is 443 g/mol. The topological polar surface area (TPSA) is 88.5 Å². The van der Waals surface area contributed by atoms with Crippen molar-refractivity contribution in [2.24, 2.45) is 0 Å². The summed E-state index contributed by atoms with van der Waals surface area (Å²) in [6, 6.07) is 3.88. The molecule has 0 fully saturated rings.